The van der Waals surface area contributed by atoms with Crippen LogP contribution in [0.1, 0.15) is 36.8 Å². The van der Waals surface area contributed by atoms with E-state index < -0.39 is 6.04 Å². The Hall–Kier alpha value is -3.23. The molecule has 3 heterocycles. The third kappa shape index (κ3) is 4.56. The first-order chi connectivity index (χ1) is 16.6. The molecule has 1 aromatic heterocycles. The van der Waals surface area contributed by atoms with Crippen molar-refractivity contribution in [1.29, 1.82) is 0 Å². The Labute approximate surface area is 199 Å². The molecule has 1 fully saturated rings. The molecular formula is C26H31N5O3. The maximum atomic E-state index is 13.8. The van der Waals surface area contributed by atoms with Gasteiger partial charge in [0.25, 0.3) is 0 Å². The topological polar surface area (TPSA) is 79.7 Å². The van der Waals surface area contributed by atoms with Crippen LogP contribution in [0.5, 0.6) is 0 Å². The van der Waals surface area contributed by atoms with Gasteiger partial charge in [0.1, 0.15) is 11.9 Å². The van der Waals surface area contributed by atoms with Crippen molar-refractivity contribution in [2.45, 2.75) is 32.0 Å². The fourth-order valence-electron chi connectivity index (χ4n) is 4.92. The smallest absolute Gasteiger partial charge is 0.247 e. The monoisotopic (exact) mass is 461 g/mol. The maximum absolute atomic E-state index is 13.8. The summed E-state index contributed by atoms with van der Waals surface area (Å²) < 4.78 is 7.36. The first-order valence-electron chi connectivity index (χ1n) is 12.0. The van der Waals surface area contributed by atoms with Crippen molar-refractivity contribution < 1.29 is 14.3 Å². The third-order valence-corrected chi connectivity index (χ3v) is 6.77. The van der Waals surface area contributed by atoms with Gasteiger partial charge in [0.15, 0.2) is 0 Å². The van der Waals surface area contributed by atoms with Gasteiger partial charge in [-0.3, -0.25) is 14.5 Å². The molecule has 1 saturated heterocycles. The van der Waals surface area contributed by atoms with Gasteiger partial charge in [0.05, 0.1) is 36.7 Å². The summed E-state index contributed by atoms with van der Waals surface area (Å²) in [5.41, 5.74) is 2.79. The highest BCUT2D eigenvalue weighted by Gasteiger charge is 2.40. The Morgan fingerprint density at radius 3 is 2.62 bits per heavy atom. The Morgan fingerprint density at radius 2 is 1.82 bits per heavy atom. The molecule has 2 aromatic carbocycles. The number of carbonyl (C=O) groups is 2. The fraction of sp³-hybridized carbons (Fsp3) is 0.423. The molecule has 8 heteroatoms. The van der Waals surface area contributed by atoms with E-state index in [0.29, 0.717) is 13.1 Å². The number of amides is 2. The molecular weight excluding hydrogens is 430 g/mol. The number of carbonyl (C=O) groups excluding carboxylic acids is 2. The van der Waals surface area contributed by atoms with Crippen molar-refractivity contribution in [1.82, 2.24) is 24.7 Å². The molecule has 178 valence electrons. The zero-order valence-corrected chi connectivity index (χ0v) is 19.5. The van der Waals surface area contributed by atoms with Crippen molar-refractivity contribution >= 4 is 22.8 Å². The SMILES string of the molecule is C[C@H]1c2nc3ccccc3n2[C@@H](CC(=O)NCCN2CCOCC2)C(=O)N1Cc1ccccc1. The lowest BCUT2D eigenvalue weighted by Gasteiger charge is -2.38. The first-order valence-corrected chi connectivity index (χ1v) is 12.0. The zero-order chi connectivity index (χ0) is 23.5. The molecule has 5 rings (SSSR count). The third-order valence-electron chi connectivity index (χ3n) is 6.77. The van der Waals surface area contributed by atoms with E-state index >= 15 is 0 Å². The van der Waals surface area contributed by atoms with Gasteiger partial charge in [-0.2, -0.15) is 0 Å². The molecule has 0 radical (unpaired) electrons. The Morgan fingerprint density at radius 1 is 1.09 bits per heavy atom. The van der Waals surface area contributed by atoms with E-state index in [0.717, 1.165) is 55.3 Å². The summed E-state index contributed by atoms with van der Waals surface area (Å²) in [6, 6.07) is 17.0. The molecule has 0 aliphatic carbocycles. The van der Waals surface area contributed by atoms with Crippen molar-refractivity contribution in [3.8, 4) is 0 Å². The van der Waals surface area contributed by atoms with E-state index in [4.69, 9.17) is 9.72 Å². The second-order valence-corrected chi connectivity index (χ2v) is 8.98. The predicted octanol–water partition coefficient (Wildman–Crippen LogP) is 2.52. The van der Waals surface area contributed by atoms with Crippen molar-refractivity contribution in [3.63, 3.8) is 0 Å². The lowest BCUT2D eigenvalue weighted by atomic mass is 10.0. The minimum absolute atomic E-state index is 0.0460. The van der Waals surface area contributed by atoms with Crippen LogP contribution in [0.3, 0.4) is 0 Å². The molecule has 0 spiro atoms. The van der Waals surface area contributed by atoms with E-state index in [2.05, 4.69) is 10.2 Å². The van der Waals surface area contributed by atoms with E-state index in [1.165, 1.54) is 0 Å². The van der Waals surface area contributed by atoms with Crippen LogP contribution >= 0.6 is 0 Å². The molecule has 8 nitrogen and oxygen atoms in total. The number of nitrogens with zero attached hydrogens (tertiary/aromatic N) is 4. The number of benzene rings is 2. The number of rotatable bonds is 7. The quantitative estimate of drug-likeness (QED) is 0.585. The molecule has 0 unspecified atom stereocenters. The van der Waals surface area contributed by atoms with Gasteiger partial charge in [-0.15, -0.1) is 0 Å². The molecule has 2 atom stereocenters. The van der Waals surface area contributed by atoms with Gasteiger partial charge in [-0.25, -0.2) is 4.98 Å². The van der Waals surface area contributed by atoms with Gasteiger partial charge in [0, 0.05) is 32.7 Å². The summed E-state index contributed by atoms with van der Waals surface area (Å²) in [4.78, 5) is 35.7. The normalized spacial score (nSPS) is 21.0. The number of ether oxygens (including phenoxy) is 1. The number of hydrogen-bond donors (Lipinski definition) is 1. The number of nitrogens with one attached hydrogen (secondary N) is 1. The molecule has 1 N–H and O–H groups in total. The van der Waals surface area contributed by atoms with E-state index in [1.54, 1.807) is 0 Å². The molecule has 2 amide bonds. The van der Waals surface area contributed by atoms with Gasteiger partial charge in [-0.1, -0.05) is 42.5 Å². The largest absolute Gasteiger partial charge is 0.379 e. The molecule has 2 aliphatic heterocycles. The van der Waals surface area contributed by atoms with Crippen LogP contribution in [0, 0.1) is 0 Å². The van der Waals surface area contributed by atoms with Gasteiger partial charge in [0.2, 0.25) is 11.8 Å². The zero-order valence-electron chi connectivity index (χ0n) is 19.5. The van der Waals surface area contributed by atoms with Crippen LogP contribution in [-0.2, 0) is 20.9 Å². The van der Waals surface area contributed by atoms with Gasteiger partial charge < -0.3 is 19.5 Å². The number of imidazole rings is 1. The van der Waals surface area contributed by atoms with Crippen LogP contribution in [0.4, 0.5) is 0 Å². The van der Waals surface area contributed by atoms with Crippen LogP contribution < -0.4 is 5.32 Å². The molecule has 0 bridgehead atoms. The van der Waals surface area contributed by atoms with Gasteiger partial charge in [-0.05, 0) is 24.6 Å². The molecule has 0 saturated carbocycles. The van der Waals surface area contributed by atoms with Crippen LogP contribution in [0.15, 0.2) is 54.6 Å². The minimum Gasteiger partial charge on any atom is -0.379 e. The van der Waals surface area contributed by atoms with E-state index in [-0.39, 0.29) is 24.3 Å². The van der Waals surface area contributed by atoms with E-state index in [1.807, 2.05) is 71.0 Å². The number of para-hydroxylation sites is 2. The number of aromatic nitrogens is 2. The summed E-state index contributed by atoms with van der Waals surface area (Å²) >= 11 is 0. The molecule has 2 aliphatic rings. The van der Waals surface area contributed by atoms with Crippen LogP contribution in [0.25, 0.3) is 11.0 Å². The van der Waals surface area contributed by atoms with Crippen molar-refractivity contribution in [2.75, 3.05) is 39.4 Å². The Bertz CT molecular complexity index is 1160. The standard InChI is InChI=1S/C26H31N5O3/c1-19-25-28-21-9-5-6-10-22(21)31(25)23(26(33)30(19)18-20-7-3-2-4-8-20)17-24(32)27-11-12-29-13-15-34-16-14-29/h2-10,19,23H,11-18H2,1H3,(H,27,32)/t19-,23-/m0/s1. The average molecular weight is 462 g/mol. The number of hydrogen-bond acceptors (Lipinski definition) is 5. The second-order valence-electron chi connectivity index (χ2n) is 8.98. The summed E-state index contributed by atoms with van der Waals surface area (Å²) in [5.74, 6) is 0.655. The highest BCUT2D eigenvalue weighted by atomic mass is 16.5. The predicted molar refractivity (Wildman–Crippen MR) is 129 cm³/mol. The summed E-state index contributed by atoms with van der Waals surface area (Å²) in [6.45, 7) is 7.07. The van der Waals surface area contributed by atoms with Gasteiger partial charge >= 0.3 is 0 Å². The minimum atomic E-state index is -0.620. The molecule has 34 heavy (non-hydrogen) atoms. The number of fused-ring (bicyclic) bond motifs is 3. The maximum Gasteiger partial charge on any atom is 0.247 e. The van der Waals surface area contributed by atoms with E-state index in [9.17, 15) is 9.59 Å². The lowest BCUT2D eigenvalue weighted by Crippen LogP contribution is -2.46. The summed E-state index contributed by atoms with van der Waals surface area (Å²) in [7, 11) is 0. The van der Waals surface area contributed by atoms with Crippen molar-refractivity contribution in [2.24, 2.45) is 0 Å². The fourth-order valence-corrected chi connectivity index (χ4v) is 4.92. The van der Waals surface area contributed by atoms with Crippen molar-refractivity contribution in [3.05, 3.63) is 66.0 Å². The van der Waals surface area contributed by atoms with Crippen LogP contribution in [-0.4, -0.2) is 70.6 Å². The van der Waals surface area contributed by atoms with Crippen LogP contribution in [0.2, 0.25) is 0 Å². The lowest BCUT2D eigenvalue weighted by molar-refractivity contribution is -0.142. The summed E-state index contributed by atoms with van der Waals surface area (Å²) in [6.07, 6.45) is 0.0906. The second kappa shape index (κ2) is 9.95. The Balaban J connectivity index is 1.37. The molecule has 3 aromatic rings. The summed E-state index contributed by atoms with van der Waals surface area (Å²) in [5, 5.41) is 3.02. The average Bonchev–Trinajstić information content (AvgIpc) is 3.25. The number of morpholine rings is 1. The highest BCUT2D eigenvalue weighted by Crippen LogP contribution is 2.37. The first kappa shape index (κ1) is 22.6. The highest BCUT2D eigenvalue weighted by molar-refractivity contribution is 5.90. The Kier molecular flexibility index (Phi) is 6.60.